The number of aromatic amines is 1. The number of H-pyrrole nitrogens is 1. The second-order valence-corrected chi connectivity index (χ2v) is 4.41. The molecule has 1 N–H and O–H groups in total. The highest BCUT2D eigenvalue weighted by Gasteiger charge is 2.11. The molecule has 0 fully saturated rings. The van der Waals surface area contributed by atoms with Gasteiger partial charge in [-0.1, -0.05) is 18.3 Å². The van der Waals surface area contributed by atoms with Gasteiger partial charge in [-0.25, -0.2) is 4.98 Å². The van der Waals surface area contributed by atoms with Crippen LogP contribution in [0.15, 0.2) is 30.7 Å². The van der Waals surface area contributed by atoms with Gasteiger partial charge in [-0.2, -0.15) is 0 Å². The van der Waals surface area contributed by atoms with E-state index in [0.717, 1.165) is 29.0 Å². The molecular formula is C13H12N2O2S. The molecule has 0 bridgehead atoms. The number of rotatable bonds is 1. The summed E-state index contributed by atoms with van der Waals surface area (Å²) in [6, 6.07) is 5.83. The van der Waals surface area contributed by atoms with Gasteiger partial charge in [-0.15, -0.1) is 0 Å². The lowest BCUT2D eigenvalue weighted by Gasteiger charge is -2.09. The number of ether oxygens (including phenoxy) is 2. The number of aromatic nitrogens is 2. The van der Waals surface area contributed by atoms with E-state index in [0.29, 0.717) is 17.9 Å². The highest BCUT2D eigenvalue weighted by molar-refractivity contribution is 7.71. The number of hydrogen-bond donors (Lipinski definition) is 1. The smallest absolute Gasteiger partial charge is 0.161 e. The zero-order valence-corrected chi connectivity index (χ0v) is 10.5. The summed E-state index contributed by atoms with van der Waals surface area (Å²) < 4.78 is 11.9. The molecule has 5 heteroatoms. The Morgan fingerprint density at radius 2 is 2.00 bits per heavy atom. The molecule has 0 amide bonds. The first kappa shape index (κ1) is 11.2. The van der Waals surface area contributed by atoms with Crippen LogP contribution in [0.5, 0.6) is 11.5 Å². The van der Waals surface area contributed by atoms with Gasteiger partial charge in [-0.3, -0.25) is 0 Å². The highest BCUT2D eigenvalue weighted by atomic mass is 32.1. The van der Waals surface area contributed by atoms with Crippen molar-refractivity contribution in [3.63, 3.8) is 0 Å². The van der Waals surface area contributed by atoms with Gasteiger partial charge in [0.15, 0.2) is 11.5 Å². The van der Waals surface area contributed by atoms with Gasteiger partial charge in [0.1, 0.15) is 4.64 Å². The molecular weight excluding hydrogens is 248 g/mol. The lowest BCUT2D eigenvalue weighted by molar-refractivity contribution is 0.297. The van der Waals surface area contributed by atoms with Crippen LogP contribution in [-0.2, 0) is 0 Å². The van der Waals surface area contributed by atoms with Crippen LogP contribution in [0.3, 0.4) is 0 Å². The van der Waals surface area contributed by atoms with Crippen LogP contribution in [0.2, 0.25) is 0 Å². The maximum absolute atomic E-state index is 5.66. The number of nitrogens with one attached hydrogen (secondary N) is 1. The van der Waals surface area contributed by atoms with Crippen molar-refractivity contribution in [1.82, 2.24) is 9.97 Å². The van der Waals surface area contributed by atoms with E-state index >= 15 is 0 Å². The zero-order valence-electron chi connectivity index (χ0n) is 9.68. The third-order valence-corrected chi connectivity index (χ3v) is 3.11. The van der Waals surface area contributed by atoms with Gasteiger partial charge >= 0.3 is 0 Å². The van der Waals surface area contributed by atoms with Crippen LogP contribution >= 0.6 is 12.2 Å². The fourth-order valence-corrected chi connectivity index (χ4v) is 2.10. The van der Waals surface area contributed by atoms with Crippen molar-refractivity contribution in [2.24, 2.45) is 0 Å². The van der Waals surface area contributed by atoms with Gasteiger partial charge < -0.3 is 14.5 Å². The minimum Gasteiger partial charge on any atom is -0.490 e. The largest absolute Gasteiger partial charge is 0.490 e. The quantitative estimate of drug-likeness (QED) is 0.801. The maximum Gasteiger partial charge on any atom is 0.161 e. The second kappa shape index (κ2) is 4.78. The van der Waals surface area contributed by atoms with E-state index in [1.165, 1.54) is 0 Å². The summed E-state index contributed by atoms with van der Waals surface area (Å²) in [6.07, 6.45) is 4.23. The molecule has 0 saturated carbocycles. The molecule has 2 aromatic rings. The molecule has 0 atom stereocenters. The first-order valence-electron chi connectivity index (χ1n) is 5.77. The van der Waals surface area contributed by atoms with E-state index in [2.05, 4.69) is 9.97 Å². The van der Waals surface area contributed by atoms with Crippen LogP contribution in [0.4, 0.5) is 0 Å². The summed E-state index contributed by atoms with van der Waals surface area (Å²) in [7, 11) is 0. The molecule has 1 aliphatic rings. The fourth-order valence-electron chi connectivity index (χ4n) is 1.88. The van der Waals surface area contributed by atoms with Crippen molar-refractivity contribution >= 4 is 12.2 Å². The molecule has 0 spiro atoms. The summed E-state index contributed by atoms with van der Waals surface area (Å²) >= 11 is 5.25. The van der Waals surface area contributed by atoms with E-state index in [1.807, 2.05) is 18.2 Å². The minimum absolute atomic E-state index is 0.666. The third kappa shape index (κ3) is 2.09. The van der Waals surface area contributed by atoms with E-state index in [9.17, 15) is 0 Å². The summed E-state index contributed by atoms with van der Waals surface area (Å²) in [5, 5.41) is 0. The summed E-state index contributed by atoms with van der Waals surface area (Å²) in [4.78, 5) is 6.98. The number of benzene rings is 1. The first-order valence-corrected chi connectivity index (χ1v) is 6.18. The molecule has 1 aromatic carbocycles. The van der Waals surface area contributed by atoms with Crippen LogP contribution in [-0.4, -0.2) is 23.2 Å². The van der Waals surface area contributed by atoms with Crippen LogP contribution < -0.4 is 9.47 Å². The molecule has 92 valence electrons. The van der Waals surface area contributed by atoms with E-state index in [4.69, 9.17) is 21.7 Å². The molecule has 2 heterocycles. The molecule has 0 unspecified atom stereocenters. The zero-order chi connectivity index (χ0) is 12.4. The normalized spacial score (nSPS) is 14.0. The Balaban J connectivity index is 2.07. The van der Waals surface area contributed by atoms with Crippen molar-refractivity contribution in [3.05, 3.63) is 35.4 Å². The Kier molecular flexibility index (Phi) is 2.98. The SMILES string of the molecule is S=c1[nH]cncc1-c1ccc2c(c1)OCCCO2. The van der Waals surface area contributed by atoms with E-state index in [-0.39, 0.29) is 0 Å². The summed E-state index contributed by atoms with van der Waals surface area (Å²) in [5.41, 5.74) is 1.87. The molecule has 0 saturated heterocycles. The predicted molar refractivity (Wildman–Crippen MR) is 70.5 cm³/mol. The molecule has 4 nitrogen and oxygen atoms in total. The second-order valence-electron chi connectivity index (χ2n) is 4.01. The maximum atomic E-state index is 5.66. The predicted octanol–water partition coefficient (Wildman–Crippen LogP) is 2.97. The lowest BCUT2D eigenvalue weighted by atomic mass is 10.1. The molecule has 1 aromatic heterocycles. The molecule has 1 aliphatic heterocycles. The van der Waals surface area contributed by atoms with Crippen molar-refractivity contribution in [1.29, 1.82) is 0 Å². The Bertz CT molecular complexity index is 624. The highest BCUT2D eigenvalue weighted by Crippen LogP contribution is 2.34. The molecule has 0 aliphatic carbocycles. The van der Waals surface area contributed by atoms with E-state index in [1.54, 1.807) is 12.5 Å². The lowest BCUT2D eigenvalue weighted by Crippen LogP contribution is -1.97. The van der Waals surface area contributed by atoms with Crippen molar-refractivity contribution in [3.8, 4) is 22.6 Å². The average Bonchev–Trinajstić information content (AvgIpc) is 2.63. The number of fused-ring (bicyclic) bond motifs is 1. The summed E-state index contributed by atoms with van der Waals surface area (Å²) in [5.74, 6) is 1.55. The van der Waals surface area contributed by atoms with Gasteiger partial charge in [0.2, 0.25) is 0 Å². The van der Waals surface area contributed by atoms with E-state index < -0.39 is 0 Å². The van der Waals surface area contributed by atoms with Crippen molar-refractivity contribution in [2.75, 3.05) is 13.2 Å². The topological polar surface area (TPSA) is 47.1 Å². The van der Waals surface area contributed by atoms with Gasteiger partial charge in [-0.05, 0) is 17.7 Å². The third-order valence-electron chi connectivity index (χ3n) is 2.78. The Morgan fingerprint density at radius 1 is 1.17 bits per heavy atom. The molecule has 3 rings (SSSR count). The van der Waals surface area contributed by atoms with Gasteiger partial charge in [0, 0.05) is 18.2 Å². The van der Waals surface area contributed by atoms with Gasteiger partial charge in [0.25, 0.3) is 0 Å². The number of hydrogen-bond acceptors (Lipinski definition) is 4. The average molecular weight is 260 g/mol. The first-order chi connectivity index (χ1) is 8.84. The standard InChI is InChI=1S/C13H12N2O2S/c18-13-10(7-14-8-15-13)9-2-3-11-12(6-9)17-5-1-4-16-11/h2-3,6-8H,1,4-5H2,(H,14,15,18). The fraction of sp³-hybridized carbons (Fsp3) is 0.231. The Hall–Kier alpha value is -1.88. The Morgan fingerprint density at radius 3 is 2.83 bits per heavy atom. The van der Waals surface area contributed by atoms with Crippen LogP contribution in [0.1, 0.15) is 6.42 Å². The van der Waals surface area contributed by atoms with Crippen molar-refractivity contribution in [2.45, 2.75) is 6.42 Å². The summed E-state index contributed by atoms with van der Waals surface area (Å²) in [6.45, 7) is 1.37. The Labute approximate surface area is 110 Å². The van der Waals surface area contributed by atoms with Crippen LogP contribution in [0, 0.1) is 4.64 Å². The van der Waals surface area contributed by atoms with Crippen molar-refractivity contribution < 1.29 is 9.47 Å². The van der Waals surface area contributed by atoms with Gasteiger partial charge in [0.05, 0.1) is 19.5 Å². The number of nitrogens with zero attached hydrogens (tertiary/aromatic N) is 1. The van der Waals surface area contributed by atoms with Crippen LogP contribution in [0.25, 0.3) is 11.1 Å². The molecule has 18 heavy (non-hydrogen) atoms. The minimum atomic E-state index is 0.666. The molecule has 0 radical (unpaired) electrons. The monoisotopic (exact) mass is 260 g/mol.